The lowest BCUT2D eigenvalue weighted by molar-refractivity contribution is -0.207. The fraction of sp³-hybridized carbons (Fsp3) is 0.455. The van der Waals surface area contributed by atoms with Gasteiger partial charge in [0, 0.05) is 12.3 Å². The summed E-state index contributed by atoms with van der Waals surface area (Å²) in [5.41, 5.74) is -4.96. The first kappa shape index (κ1) is 14.4. The molecule has 2 heterocycles. The van der Waals surface area contributed by atoms with Crippen molar-refractivity contribution in [3.63, 3.8) is 0 Å². The Bertz CT molecular complexity index is 680. The van der Waals surface area contributed by atoms with Crippen LogP contribution < -0.4 is 11.2 Å². The van der Waals surface area contributed by atoms with Crippen LogP contribution in [0.3, 0.4) is 0 Å². The maximum Gasteiger partial charge on any atom is 0.330 e. The minimum atomic E-state index is -3.17. The van der Waals surface area contributed by atoms with Crippen LogP contribution in [-0.4, -0.2) is 44.0 Å². The van der Waals surface area contributed by atoms with E-state index >= 15 is 0 Å². The van der Waals surface area contributed by atoms with Crippen LogP contribution in [-0.2, 0) is 4.74 Å². The summed E-state index contributed by atoms with van der Waals surface area (Å²) < 4.78 is 33.6. The molecule has 0 spiro atoms. The van der Waals surface area contributed by atoms with Crippen LogP contribution in [0, 0.1) is 12.3 Å². The molecule has 20 heavy (non-hydrogen) atoms. The lowest BCUT2D eigenvalue weighted by Crippen LogP contribution is -2.48. The van der Waals surface area contributed by atoms with Crippen molar-refractivity contribution in [2.45, 2.75) is 23.9 Å². The van der Waals surface area contributed by atoms with Gasteiger partial charge < -0.3 is 14.9 Å². The number of aliphatic hydroxyl groups excluding tert-OH is 2. The highest BCUT2D eigenvalue weighted by Gasteiger charge is 2.66. The average Bonchev–Trinajstić information content (AvgIpc) is 2.62. The van der Waals surface area contributed by atoms with Gasteiger partial charge in [0.25, 0.3) is 11.4 Å². The Balaban J connectivity index is 2.59. The zero-order valence-electron chi connectivity index (χ0n) is 9.92. The largest absolute Gasteiger partial charge is 0.390 e. The van der Waals surface area contributed by atoms with E-state index in [9.17, 15) is 23.5 Å². The molecule has 1 aliphatic heterocycles. The van der Waals surface area contributed by atoms with Crippen molar-refractivity contribution < 1.29 is 23.7 Å². The lowest BCUT2D eigenvalue weighted by Gasteiger charge is -2.23. The summed E-state index contributed by atoms with van der Waals surface area (Å²) in [6.07, 6.45) is 1.24. The Hall–Kier alpha value is -2.02. The standard InChI is InChI=1S/C11H10F2N2O5/c1-2-10(12)7(18)11(13,5-16)20-8(10)15-4-3-6(17)14-9(15)19/h1,3-4,7-8,16,18H,5H2,(H,14,17,19)/t7-,8+,10+,11+/m0/s1. The summed E-state index contributed by atoms with van der Waals surface area (Å²) in [5, 5.41) is 18.4. The number of hydrogen-bond acceptors (Lipinski definition) is 5. The summed E-state index contributed by atoms with van der Waals surface area (Å²) in [7, 11) is 0. The van der Waals surface area contributed by atoms with Crippen molar-refractivity contribution in [3.8, 4) is 12.3 Å². The molecular formula is C11H10F2N2O5. The second kappa shape index (κ2) is 4.52. The van der Waals surface area contributed by atoms with Crippen LogP contribution in [0.2, 0.25) is 0 Å². The fourth-order valence-corrected chi connectivity index (χ4v) is 1.93. The molecule has 0 unspecified atom stereocenters. The average molecular weight is 288 g/mol. The quantitative estimate of drug-likeness (QED) is 0.570. The normalized spacial score (nSPS) is 36.8. The number of ether oxygens (including phenoxy) is 1. The second-order valence-electron chi connectivity index (χ2n) is 4.25. The molecule has 0 aromatic carbocycles. The van der Waals surface area contributed by atoms with Gasteiger partial charge in [0.05, 0.1) is 0 Å². The van der Waals surface area contributed by atoms with E-state index in [-0.39, 0.29) is 0 Å². The summed E-state index contributed by atoms with van der Waals surface area (Å²) in [6, 6.07) is 0.866. The molecule has 0 aliphatic carbocycles. The number of halogens is 2. The molecule has 2 rings (SSSR count). The number of nitrogens with zero attached hydrogens (tertiary/aromatic N) is 1. The Morgan fingerprint density at radius 2 is 2.20 bits per heavy atom. The first-order valence-electron chi connectivity index (χ1n) is 5.42. The Labute approximate surface area is 110 Å². The van der Waals surface area contributed by atoms with Crippen molar-refractivity contribution in [1.29, 1.82) is 0 Å². The van der Waals surface area contributed by atoms with Gasteiger partial charge in [-0.1, -0.05) is 5.92 Å². The Kier molecular flexibility index (Phi) is 3.25. The summed E-state index contributed by atoms with van der Waals surface area (Å²) in [5.74, 6) is -1.64. The van der Waals surface area contributed by atoms with E-state index in [2.05, 4.69) is 4.74 Å². The number of terminal acetylenes is 1. The highest BCUT2D eigenvalue weighted by Crippen LogP contribution is 2.46. The van der Waals surface area contributed by atoms with E-state index in [1.165, 1.54) is 5.92 Å². The summed E-state index contributed by atoms with van der Waals surface area (Å²) in [6.45, 7) is -1.36. The smallest absolute Gasteiger partial charge is 0.330 e. The van der Waals surface area contributed by atoms with E-state index in [1.807, 2.05) is 4.98 Å². The molecule has 108 valence electrons. The fourth-order valence-electron chi connectivity index (χ4n) is 1.93. The van der Waals surface area contributed by atoms with Crippen LogP contribution in [0.4, 0.5) is 8.78 Å². The molecule has 0 amide bonds. The van der Waals surface area contributed by atoms with Crippen LogP contribution >= 0.6 is 0 Å². The third-order valence-corrected chi connectivity index (χ3v) is 3.01. The minimum Gasteiger partial charge on any atom is -0.390 e. The van der Waals surface area contributed by atoms with Crippen molar-refractivity contribution in [2.24, 2.45) is 0 Å². The van der Waals surface area contributed by atoms with Crippen LogP contribution in [0.1, 0.15) is 6.23 Å². The maximum atomic E-state index is 14.5. The molecule has 7 nitrogen and oxygen atoms in total. The first-order chi connectivity index (χ1) is 9.28. The molecule has 1 aromatic heterocycles. The lowest BCUT2D eigenvalue weighted by atomic mass is 9.96. The third-order valence-electron chi connectivity index (χ3n) is 3.01. The predicted octanol–water partition coefficient (Wildman–Crippen LogP) is -1.57. The molecule has 3 N–H and O–H groups in total. The van der Waals surface area contributed by atoms with Crippen LogP contribution in [0.15, 0.2) is 21.9 Å². The van der Waals surface area contributed by atoms with Crippen LogP contribution in [0.5, 0.6) is 0 Å². The molecule has 0 bridgehead atoms. The zero-order chi connectivity index (χ0) is 15.1. The predicted molar refractivity (Wildman–Crippen MR) is 61.0 cm³/mol. The van der Waals surface area contributed by atoms with Gasteiger partial charge in [-0.15, -0.1) is 6.42 Å². The minimum absolute atomic E-state index is 0.488. The van der Waals surface area contributed by atoms with Crippen molar-refractivity contribution >= 4 is 0 Å². The monoisotopic (exact) mass is 288 g/mol. The Morgan fingerprint density at radius 3 is 2.70 bits per heavy atom. The molecule has 1 fully saturated rings. The van der Waals surface area contributed by atoms with Gasteiger partial charge in [-0.05, 0) is 0 Å². The van der Waals surface area contributed by atoms with E-state index in [0.29, 0.717) is 4.57 Å². The second-order valence-corrected chi connectivity index (χ2v) is 4.25. The SMILES string of the molecule is C#C[C@]1(F)[C@H](n2ccc(=O)[nH]c2=O)O[C@](F)(CO)[C@H]1O. The van der Waals surface area contributed by atoms with Crippen molar-refractivity contribution in [3.05, 3.63) is 33.1 Å². The summed E-state index contributed by atoms with van der Waals surface area (Å²) >= 11 is 0. The summed E-state index contributed by atoms with van der Waals surface area (Å²) in [4.78, 5) is 24.3. The number of aliphatic hydroxyl groups is 2. The van der Waals surface area contributed by atoms with Gasteiger partial charge in [0.15, 0.2) is 12.3 Å². The molecule has 4 atom stereocenters. The van der Waals surface area contributed by atoms with Crippen LogP contribution in [0.25, 0.3) is 0 Å². The first-order valence-corrected chi connectivity index (χ1v) is 5.42. The number of aromatic nitrogens is 2. The van der Waals surface area contributed by atoms with Gasteiger partial charge in [-0.3, -0.25) is 14.3 Å². The van der Waals surface area contributed by atoms with Gasteiger partial charge in [0.2, 0.25) is 5.67 Å². The Morgan fingerprint density at radius 1 is 1.55 bits per heavy atom. The molecule has 1 aliphatic rings. The number of aromatic amines is 1. The van der Waals surface area contributed by atoms with Gasteiger partial charge in [-0.25, -0.2) is 13.6 Å². The van der Waals surface area contributed by atoms with E-state index in [1.54, 1.807) is 0 Å². The molecule has 1 aromatic rings. The number of hydrogen-bond donors (Lipinski definition) is 3. The number of alkyl halides is 2. The number of rotatable bonds is 2. The zero-order valence-corrected chi connectivity index (χ0v) is 9.92. The molecule has 0 radical (unpaired) electrons. The highest BCUT2D eigenvalue weighted by molar-refractivity contribution is 5.21. The molecular weight excluding hydrogens is 278 g/mol. The number of H-pyrrole nitrogens is 1. The van der Waals surface area contributed by atoms with Crippen molar-refractivity contribution in [2.75, 3.05) is 6.61 Å². The topological polar surface area (TPSA) is 105 Å². The van der Waals surface area contributed by atoms with E-state index in [4.69, 9.17) is 11.5 Å². The molecule has 9 heteroatoms. The molecule has 1 saturated heterocycles. The van der Waals surface area contributed by atoms with E-state index in [0.717, 1.165) is 12.3 Å². The third kappa shape index (κ3) is 1.85. The van der Waals surface area contributed by atoms with Gasteiger partial charge in [-0.2, -0.15) is 0 Å². The maximum absolute atomic E-state index is 14.5. The molecule has 0 saturated carbocycles. The highest BCUT2D eigenvalue weighted by atomic mass is 19.2. The van der Waals surface area contributed by atoms with Gasteiger partial charge in [0.1, 0.15) is 6.61 Å². The van der Waals surface area contributed by atoms with Gasteiger partial charge >= 0.3 is 5.69 Å². The van der Waals surface area contributed by atoms with E-state index < -0.39 is 41.7 Å². The van der Waals surface area contributed by atoms with Crippen molar-refractivity contribution in [1.82, 2.24) is 9.55 Å². The number of nitrogens with one attached hydrogen (secondary N) is 1.